The van der Waals surface area contributed by atoms with Crippen molar-refractivity contribution < 1.29 is 115 Å². The molecule has 0 bridgehead atoms. The summed E-state index contributed by atoms with van der Waals surface area (Å²) in [6, 6.07) is 5.42. The number of ether oxygens (including phenoxy) is 7. The van der Waals surface area contributed by atoms with Crippen molar-refractivity contribution in [1.29, 1.82) is 0 Å². The molecule has 29 nitrogen and oxygen atoms in total. The number of phenolic OH excluding ortho intramolecular Hbond substituents is 2. The summed E-state index contributed by atoms with van der Waals surface area (Å²) >= 11 is 0. The van der Waals surface area contributed by atoms with Crippen LogP contribution in [0.5, 0.6) is 11.5 Å². The Bertz CT molecular complexity index is 3060. The van der Waals surface area contributed by atoms with Crippen molar-refractivity contribution in [2.45, 2.75) is 264 Å². The molecule has 0 amide bonds. The lowest BCUT2D eigenvalue weighted by molar-refractivity contribution is -0.319. The molecule has 3 fully saturated rings. The van der Waals surface area contributed by atoms with Gasteiger partial charge in [-0.1, -0.05) is 99.3 Å². The Hall–Kier alpha value is -4.52. The zero-order chi connectivity index (χ0) is 78.0. The molecule has 4 aliphatic rings. The predicted octanol–water partition coefficient (Wildman–Crippen LogP) is 7.18. The fourth-order valence-electron chi connectivity index (χ4n) is 14.1. The van der Waals surface area contributed by atoms with Crippen molar-refractivity contribution in [2.75, 3.05) is 90.9 Å². The van der Waals surface area contributed by atoms with Gasteiger partial charge < -0.3 is 100 Å². The fraction of sp³-hybridized carbons (Fsp3) is 0.770. The number of aliphatic hydroxyl groups excluding tert-OH is 4. The maximum atomic E-state index is 14.2. The summed E-state index contributed by atoms with van der Waals surface area (Å²) in [7, 11) is 0.973. The molecule has 3 aliphatic heterocycles. The zero-order valence-corrected chi connectivity index (χ0v) is 67.2. The minimum absolute atomic E-state index is 0. The first kappa shape index (κ1) is 97.6. The highest BCUT2D eigenvalue weighted by atomic mass is 35.5. The molecule has 2 aromatic rings. The molecular weight excluding hydrogens is 1450 g/mol. The van der Waals surface area contributed by atoms with Gasteiger partial charge in [0.05, 0.1) is 95.8 Å². The Morgan fingerprint density at radius 2 is 1.18 bits per heavy atom. The molecule has 3 heterocycles. The second-order valence-corrected chi connectivity index (χ2v) is 30.0. The lowest BCUT2D eigenvalue weighted by Crippen LogP contribution is -2.61. The van der Waals surface area contributed by atoms with Crippen molar-refractivity contribution in [3.05, 3.63) is 46.5 Å². The third-order valence-corrected chi connectivity index (χ3v) is 20.6. The highest BCUT2D eigenvalue weighted by molar-refractivity contribution is 7.80. The molecule has 2 aromatic carbocycles. The number of esters is 2. The molecule has 13 N–H and O–H groups in total. The van der Waals surface area contributed by atoms with Crippen LogP contribution in [0.3, 0.4) is 0 Å². The Morgan fingerprint density at radius 1 is 0.670 bits per heavy atom. The van der Waals surface area contributed by atoms with Gasteiger partial charge in [-0.3, -0.25) is 28.5 Å². The number of benzene rings is 2. The van der Waals surface area contributed by atoms with Crippen molar-refractivity contribution in [3.8, 4) is 11.5 Å². The number of aliphatic hydroxyl groups is 6. The molecule has 0 spiro atoms. The Kier molecular flexibility index (Phi) is 42.7. The number of methoxy groups -OCH3 is 1. The largest absolute Gasteiger partial charge is 0.507 e. The third-order valence-electron chi connectivity index (χ3n) is 20.2. The van der Waals surface area contributed by atoms with Crippen LogP contribution in [0.4, 0.5) is 11.4 Å². The summed E-state index contributed by atoms with van der Waals surface area (Å²) in [4.78, 5) is 69.6. The number of likely N-dealkylation sites (N-methyl/N-ethyl adjacent to an activating group) is 1. The number of anilines is 2. The van der Waals surface area contributed by atoms with E-state index in [1.54, 1.807) is 60.6 Å². The highest BCUT2D eigenvalue weighted by Crippen LogP contribution is 2.44. The summed E-state index contributed by atoms with van der Waals surface area (Å²) in [6.45, 7) is 23.1. The van der Waals surface area contributed by atoms with Crippen LogP contribution in [-0.4, -0.2) is 253 Å². The lowest BCUT2D eigenvalue weighted by Gasteiger charge is -2.49. The van der Waals surface area contributed by atoms with Crippen LogP contribution in [0.2, 0.25) is 0 Å². The standard InChI is InChI=1S/C40H71NO14.C22H28N4O6.C12H26O4S.2ClH/c1-15-27-40(11,48)33(44)22(5)30(43)20(3)18-38(9,47)35(55-37-32(53-28(42)16-2)26(41(12)13)17-21(4)50-37)23(6)31(24(7)36(46)52-27)54-29-19-39(10,49-14)34(45)25(8)51-29;27-11-9-23-5-7-25-13-1-2-14(26-8-6-24-10-12-28)18-17(13)21(31)19-15(29)3-4-16(30)20(19)22(18)32;1-2-3-4-5-6-7-8-9-10-11-12-16-17(13,14)15;;/h20-27,29,31-35,37,44-45,47-48H,15-19H2,1-14H3;1-4,23-30H,5-12H2;2-12H2,1H3,(H,13,14,15);2*1H. The Morgan fingerprint density at radius 3 is 1.64 bits per heavy atom. The van der Waals surface area contributed by atoms with E-state index in [4.69, 9.17) is 47.9 Å². The van der Waals surface area contributed by atoms with Crippen molar-refractivity contribution >= 4 is 75.9 Å². The van der Waals surface area contributed by atoms with E-state index in [1.165, 1.54) is 85.0 Å². The first-order chi connectivity index (χ1) is 48.9. The van der Waals surface area contributed by atoms with E-state index in [-0.39, 0.29) is 116 Å². The molecule has 0 saturated carbocycles. The van der Waals surface area contributed by atoms with Crippen molar-refractivity contribution in [1.82, 2.24) is 15.5 Å². The molecule has 32 heteroatoms. The smallest absolute Gasteiger partial charge is 0.397 e. The molecule has 0 aromatic heterocycles. The molecule has 1 aliphatic carbocycles. The number of nitrogens with zero attached hydrogens (tertiary/aromatic N) is 1. The number of Topliss-reactive ketones (excluding diaryl/α,β-unsaturated/α-hetero) is 1. The molecule has 18 atom stereocenters. The number of hydrogen-bond donors (Lipinski definition) is 13. The molecule has 6 rings (SSSR count). The maximum Gasteiger partial charge on any atom is 0.397 e. The summed E-state index contributed by atoms with van der Waals surface area (Å²) < 4.78 is 76.6. The van der Waals surface area contributed by atoms with Gasteiger partial charge in [-0.2, -0.15) is 8.42 Å². The number of nitrogens with one attached hydrogen (secondary N) is 4. The normalized spacial score (nSPS) is 30.0. The number of ketones is 3. The number of unbranched alkanes of at least 4 members (excludes halogenated alkanes) is 9. The molecule has 3 saturated heterocycles. The minimum atomic E-state index is -4.23. The number of cyclic esters (lactones) is 1. The van der Waals surface area contributed by atoms with Crippen molar-refractivity contribution in [2.24, 2.45) is 23.7 Å². The number of phenols is 2. The maximum absolute atomic E-state index is 14.2. The second-order valence-electron chi connectivity index (χ2n) is 28.9. The number of rotatable bonds is 33. The van der Waals surface area contributed by atoms with Crippen LogP contribution >= 0.6 is 24.8 Å². The molecule has 106 heavy (non-hydrogen) atoms. The summed E-state index contributed by atoms with van der Waals surface area (Å²) in [5, 5.41) is 97.1. The van der Waals surface area contributed by atoms with Gasteiger partial charge in [-0.15, -0.1) is 24.8 Å². The van der Waals surface area contributed by atoms with E-state index in [0.29, 0.717) is 63.5 Å². The lowest BCUT2D eigenvalue weighted by atomic mass is 9.74. The van der Waals surface area contributed by atoms with E-state index < -0.39 is 135 Å². The number of hydrogen-bond acceptors (Lipinski definition) is 28. The Labute approximate surface area is 639 Å². The summed E-state index contributed by atoms with van der Waals surface area (Å²) in [5.74, 6) is -7.45. The average Bonchev–Trinajstić information content (AvgIpc) is 0.732. The molecule has 0 radical (unpaired) electrons. The van der Waals surface area contributed by atoms with E-state index >= 15 is 0 Å². The average molecular weight is 1570 g/mol. The monoisotopic (exact) mass is 1570 g/mol. The molecule has 18 unspecified atom stereocenters. The number of carbonyl (C=O) groups excluding carboxylic acids is 5. The van der Waals surface area contributed by atoms with Crippen LogP contribution in [-0.2, 0) is 62.1 Å². The first-order valence-corrected chi connectivity index (χ1v) is 38.4. The third kappa shape index (κ3) is 27.7. The summed E-state index contributed by atoms with van der Waals surface area (Å²) in [6.07, 6.45) is 2.17. The van der Waals surface area contributed by atoms with Crippen LogP contribution in [0.15, 0.2) is 24.3 Å². The van der Waals surface area contributed by atoms with Gasteiger partial charge in [0.1, 0.15) is 35.1 Å². The van der Waals surface area contributed by atoms with E-state index in [2.05, 4.69) is 32.4 Å². The van der Waals surface area contributed by atoms with Gasteiger partial charge in [0.2, 0.25) is 11.6 Å². The fourth-order valence-corrected chi connectivity index (χ4v) is 14.5. The van der Waals surface area contributed by atoms with Gasteiger partial charge in [0.15, 0.2) is 18.7 Å². The second kappa shape index (κ2) is 46.3. The Balaban J connectivity index is 0.000000627. The van der Waals surface area contributed by atoms with Crippen LogP contribution < -0.4 is 21.3 Å². The van der Waals surface area contributed by atoms with Gasteiger partial charge in [-0.25, -0.2) is 4.18 Å². The first-order valence-electron chi connectivity index (χ1n) is 37.0. The molecular formula is C74H127Cl2N5O24S. The van der Waals surface area contributed by atoms with Gasteiger partial charge in [0, 0.05) is 88.3 Å². The van der Waals surface area contributed by atoms with Crippen LogP contribution in [0, 0.1) is 23.7 Å². The predicted molar refractivity (Wildman–Crippen MR) is 404 cm³/mol. The number of aromatic hydroxyl groups is 2. The van der Waals surface area contributed by atoms with Gasteiger partial charge >= 0.3 is 22.3 Å². The van der Waals surface area contributed by atoms with E-state index in [9.17, 15) is 63.0 Å². The van der Waals surface area contributed by atoms with Crippen LogP contribution in [0.25, 0.3) is 0 Å². The molecule has 612 valence electrons. The summed E-state index contributed by atoms with van der Waals surface area (Å²) in [5.41, 5.74) is -4.24. The number of carbonyl (C=O) groups is 5. The SMILES string of the molecule is CCC(=O)OC1C(OC2C(C)C(OC3CC(C)(OC)C(O)C(C)O3)C(C)C(=O)OC(CC)C(C)(O)C(O)C(C)C(=O)C(C)CC2(C)O)OC(C)CC1N(C)C.CCCCCCCCCCCCOS(=O)(=O)O.Cl.Cl.O=C1c2c(O)ccc(O)c2C(=O)c2c(NCCNCCO)ccc(NCCNCCO)c21. The topological polar surface area (TPSA) is 427 Å². The van der Waals surface area contributed by atoms with Gasteiger partial charge in [-0.05, 0) is 106 Å². The van der Waals surface area contributed by atoms with E-state index in [0.717, 1.165) is 12.8 Å². The minimum Gasteiger partial charge on any atom is -0.507 e. The van der Waals surface area contributed by atoms with Crippen LogP contribution in [0.1, 0.15) is 211 Å². The van der Waals surface area contributed by atoms with E-state index in [1.807, 2.05) is 25.9 Å². The van der Waals surface area contributed by atoms with Gasteiger partial charge in [0.25, 0.3) is 0 Å². The number of fused-ring (bicyclic) bond motifs is 2. The zero-order valence-electron chi connectivity index (χ0n) is 64.8. The highest BCUT2D eigenvalue weighted by Gasteiger charge is 2.54. The number of halogens is 2. The van der Waals surface area contributed by atoms with Crippen molar-refractivity contribution in [3.63, 3.8) is 0 Å². The quantitative estimate of drug-likeness (QED) is 0.0124.